The zero-order valence-electron chi connectivity index (χ0n) is 17.3. The Morgan fingerprint density at radius 1 is 0.688 bits per heavy atom. The number of ether oxygens (including phenoxy) is 1. The maximum Gasteiger partial charge on any atom is 0.266 e. The van der Waals surface area contributed by atoms with Crippen molar-refractivity contribution < 1.29 is 23.9 Å². The molecule has 0 saturated carbocycles. The number of imide groups is 1. The molecule has 0 radical (unpaired) electrons. The monoisotopic (exact) mass is 429 g/mol. The van der Waals surface area contributed by atoms with Gasteiger partial charge in [-0.15, -0.1) is 0 Å². The fraction of sp³-hybridized carbons (Fsp3) is 0.0833. The van der Waals surface area contributed by atoms with Crippen LogP contribution in [0, 0.1) is 0 Å². The SMILES string of the molecule is CC(=O)Nc1ccc(Oc2ccc3c(c2)C(=O)N(c2ccc(NC(C)=O)cc2)C3=O)cc1. The van der Waals surface area contributed by atoms with Crippen LogP contribution in [-0.4, -0.2) is 23.6 Å². The van der Waals surface area contributed by atoms with Crippen LogP contribution in [0.1, 0.15) is 34.6 Å². The van der Waals surface area contributed by atoms with Crippen molar-refractivity contribution >= 4 is 40.7 Å². The van der Waals surface area contributed by atoms with E-state index in [0.717, 1.165) is 4.90 Å². The van der Waals surface area contributed by atoms with Crippen molar-refractivity contribution in [2.45, 2.75) is 13.8 Å². The van der Waals surface area contributed by atoms with Gasteiger partial charge in [-0.3, -0.25) is 19.2 Å². The van der Waals surface area contributed by atoms with E-state index >= 15 is 0 Å². The van der Waals surface area contributed by atoms with Crippen molar-refractivity contribution in [3.63, 3.8) is 0 Å². The lowest BCUT2D eigenvalue weighted by atomic mass is 10.1. The third-order valence-corrected chi connectivity index (χ3v) is 4.71. The molecule has 1 heterocycles. The number of hydrogen-bond acceptors (Lipinski definition) is 5. The van der Waals surface area contributed by atoms with Crippen LogP contribution in [0.2, 0.25) is 0 Å². The summed E-state index contributed by atoms with van der Waals surface area (Å²) in [6.07, 6.45) is 0. The fourth-order valence-electron chi connectivity index (χ4n) is 3.36. The molecule has 0 spiro atoms. The topological polar surface area (TPSA) is 105 Å². The van der Waals surface area contributed by atoms with Gasteiger partial charge in [-0.2, -0.15) is 0 Å². The van der Waals surface area contributed by atoms with Crippen molar-refractivity contribution in [3.8, 4) is 11.5 Å². The molecule has 4 rings (SSSR count). The van der Waals surface area contributed by atoms with E-state index in [1.807, 2.05) is 0 Å². The molecule has 0 saturated heterocycles. The maximum absolute atomic E-state index is 13.0. The number of hydrogen-bond donors (Lipinski definition) is 2. The molecule has 3 aromatic carbocycles. The average Bonchev–Trinajstić information content (AvgIpc) is 2.99. The second-order valence-electron chi connectivity index (χ2n) is 7.19. The van der Waals surface area contributed by atoms with Crippen LogP contribution in [0.15, 0.2) is 66.7 Å². The van der Waals surface area contributed by atoms with Crippen LogP contribution in [0.4, 0.5) is 17.1 Å². The predicted octanol–water partition coefficient (Wildman–Crippen LogP) is 4.20. The largest absolute Gasteiger partial charge is 0.457 e. The molecule has 0 fully saturated rings. The lowest BCUT2D eigenvalue weighted by molar-refractivity contribution is -0.115. The molecular weight excluding hydrogens is 410 g/mol. The van der Waals surface area contributed by atoms with E-state index in [1.54, 1.807) is 60.7 Å². The number of nitrogens with zero attached hydrogens (tertiary/aromatic N) is 1. The van der Waals surface area contributed by atoms with Crippen LogP contribution >= 0.6 is 0 Å². The second kappa shape index (κ2) is 8.35. The van der Waals surface area contributed by atoms with E-state index in [9.17, 15) is 19.2 Å². The number of benzene rings is 3. The Labute approximate surface area is 183 Å². The fourth-order valence-corrected chi connectivity index (χ4v) is 3.36. The highest BCUT2D eigenvalue weighted by Crippen LogP contribution is 2.33. The van der Waals surface area contributed by atoms with Crippen molar-refractivity contribution in [2.75, 3.05) is 15.5 Å². The minimum atomic E-state index is -0.455. The van der Waals surface area contributed by atoms with Gasteiger partial charge in [0.1, 0.15) is 11.5 Å². The summed E-state index contributed by atoms with van der Waals surface area (Å²) < 4.78 is 5.81. The molecule has 1 aliphatic heterocycles. The number of nitrogens with one attached hydrogen (secondary N) is 2. The molecular formula is C24H19N3O5. The zero-order valence-corrected chi connectivity index (χ0v) is 17.3. The minimum Gasteiger partial charge on any atom is -0.457 e. The molecule has 3 aromatic rings. The molecule has 0 bridgehead atoms. The summed E-state index contributed by atoms with van der Waals surface area (Å²) in [5.41, 5.74) is 2.14. The molecule has 0 unspecified atom stereocenters. The standard InChI is InChI=1S/C24H19N3O5/c1-14(28)25-16-3-7-18(8-4-16)27-23(30)21-12-11-20(13-22(21)24(27)31)32-19-9-5-17(6-10-19)26-15(2)29/h3-13H,1-2H3,(H,25,28)(H,26,29). The van der Waals surface area contributed by atoms with Gasteiger partial charge in [0, 0.05) is 25.2 Å². The van der Waals surface area contributed by atoms with E-state index < -0.39 is 11.8 Å². The highest BCUT2D eigenvalue weighted by Gasteiger charge is 2.37. The van der Waals surface area contributed by atoms with Crippen LogP contribution in [0.5, 0.6) is 11.5 Å². The molecule has 4 amide bonds. The Hall–Kier alpha value is -4.46. The van der Waals surface area contributed by atoms with Crippen molar-refractivity contribution in [1.82, 2.24) is 0 Å². The molecule has 0 aliphatic carbocycles. The second-order valence-corrected chi connectivity index (χ2v) is 7.19. The number of fused-ring (bicyclic) bond motifs is 1. The summed E-state index contributed by atoms with van der Waals surface area (Å²) in [6.45, 7) is 2.82. The highest BCUT2D eigenvalue weighted by atomic mass is 16.5. The quantitative estimate of drug-likeness (QED) is 0.592. The van der Waals surface area contributed by atoms with Gasteiger partial charge in [-0.1, -0.05) is 0 Å². The Kier molecular flexibility index (Phi) is 5.43. The van der Waals surface area contributed by atoms with Gasteiger partial charge in [-0.05, 0) is 66.7 Å². The van der Waals surface area contributed by atoms with E-state index in [1.165, 1.54) is 19.9 Å². The summed E-state index contributed by atoms with van der Waals surface area (Å²) >= 11 is 0. The van der Waals surface area contributed by atoms with Gasteiger partial charge < -0.3 is 15.4 Å². The van der Waals surface area contributed by atoms with E-state index in [-0.39, 0.29) is 22.9 Å². The van der Waals surface area contributed by atoms with Gasteiger partial charge in [0.15, 0.2) is 0 Å². The number of rotatable bonds is 5. The van der Waals surface area contributed by atoms with Gasteiger partial charge in [0.2, 0.25) is 11.8 Å². The predicted molar refractivity (Wildman–Crippen MR) is 119 cm³/mol. The number of carbonyl (C=O) groups is 4. The Morgan fingerprint density at radius 3 is 1.75 bits per heavy atom. The lowest BCUT2D eigenvalue weighted by Crippen LogP contribution is -2.29. The first-order valence-corrected chi connectivity index (χ1v) is 9.78. The van der Waals surface area contributed by atoms with E-state index in [0.29, 0.717) is 28.6 Å². The van der Waals surface area contributed by atoms with Crippen LogP contribution < -0.4 is 20.3 Å². The van der Waals surface area contributed by atoms with Gasteiger partial charge in [0.25, 0.3) is 11.8 Å². The molecule has 160 valence electrons. The number of amides is 4. The average molecular weight is 429 g/mol. The van der Waals surface area contributed by atoms with E-state index in [4.69, 9.17) is 4.74 Å². The highest BCUT2D eigenvalue weighted by molar-refractivity contribution is 6.34. The molecule has 0 atom stereocenters. The maximum atomic E-state index is 13.0. The van der Waals surface area contributed by atoms with E-state index in [2.05, 4.69) is 10.6 Å². The molecule has 0 aromatic heterocycles. The molecule has 32 heavy (non-hydrogen) atoms. The van der Waals surface area contributed by atoms with Crippen molar-refractivity contribution in [1.29, 1.82) is 0 Å². The summed E-state index contributed by atoms with van der Waals surface area (Å²) in [7, 11) is 0. The summed E-state index contributed by atoms with van der Waals surface area (Å²) in [6, 6.07) is 17.9. The Bertz CT molecular complexity index is 1230. The zero-order chi connectivity index (χ0) is 22.8. The first-order chi connectivity index (χ1) is 15.3. The minimum absolute atomic E-state index is 0.172. The first-order valence-electron chi connectivity index (χ1n) is 9.78. The van der Waals surface area contributed by atoms with Gasteiger partial charge in [-0.25, -0.2) is 4.90 Å². The molecule has 1 aliphatic rings. The summed E-state index contributed by atoms with van der Waals surface area (Å²) in [5.74, 6) is -0.348. The first kappa shape index (κ1) is 20.8. The van der Waals surface area contributed by atoms with Crippen molar-refractivity contribution in [3.05, 3.63) is 77.9 Å². The normalized spacial score (nSPS) is 12.4. The van der Waals surface area contributed by atoms with Gasteiger partial charge >= 0.3 is 0 Å². The number of carbonyl (C=O) groups excluding carboxylic acids is 4. The van der Waals surface area contributed by atoms with Crippen LogP contribution in [0.25, 0.3) is 0 Å². The summed E-state index contributed by atoms with van der Waals surface area (Å²) in [4.78, 5) is 49.2. The van der Waals surface area contributed by atoms with Gasteiger partial charge in [0.05, 0.1) is 16.8 Å². The van der Waals surface area contributed by atoms with Crippen LogP contribution in [0.3, 0.4) is 0 Å². The summed E-state index contributed by atoms with van der Waals surface area (Å²) in [5, 5.41) is 5.31. The molecule has 8 nitrogen and oxygen atoms in total. The smallest absolute Gasteiger partial charge is 0.266 e. The Morgan fingerprint density at radius 2 is 1.19 bits per heavy atom. The third kappa shape index (κ3) is 4.20. The van der Waals surface area contributed by atoms with Crippen molar-refractivity contribution in [2.24, 2.45) is 0 Å². The Balaban J connectivity index is 1.53. The third-order valence-electron chi connectivity index (χ3n) is 4.71. The molecule has 8 heteroatoms. The lowest BCUT2D eigenvalue weighted by Gasteiger charge is -2.14. The van der Waals surface area contributed by atoms with Crippen LogP contribution in [-0.2, 0) is 9.59 Å². The number of anilines is 3. The molecule has 2 N–H and O–H groups in total.